The number of carbonyl (C=O) groups is 1. The van der Waals surface area contributed by atoms with E-state index in [1.807, 2.05) is 11.7 Å². The summed E-state index contributed by atoms with van der Waals surface area (Å²) in [5, 5.41) is 8.87. The van der Waals surface area contributed by atoms with E-state index in [9.17, 15) is 4.79 Å². The molecule has 0 bridgehead atoms. The smallest absolute Gasteiger partial charge is 0.278 e. The predicted octanol–water partition coefficient (Wildman–Crippen LogP) is 3.56. The van der Waals surface area contributed by atoms with E-state index in [1.165, 1.54) is 37.8 Å². The molecule has 1 aliphatic heterocycles. The number of amides is 1. The molecule has 3 heterocycles. The molecule has 2 aliphatic rings. The molecule has 8 heteroatoms. The SMILES string of the molecule is CC(C)n1nc(-c2nc(CCN(C)C(=O)CC3CCCCC3)no2)c2c1CCOC2. The third-order valence-electron chi connectivity index (χ3n) is 6.29. The van der Waals surface area contributed by atoms with Gasteiger partial charge in [-0.1, -0.05) is 24.4 Å². The van der Waals surface area contributed by atoms with Gasteiger partial charge in [0.15, 0.2) is 11.5 Å². The summed E-state index contributed by atoms with van der Waals surface area (Å²) in [5.41, 5.74) is 2.96. The van der Waals surface area contributed by atoms with Gasteiger partial charge in [-0.25, -0.2) is 0 Å². The van der Waals surface area contributed by atoms with E-state index >= 15 is 0 Å². The van der Waals surface area contributed by atoms with Gasteiger partial charge in [0.05, 0.1) is 13.2 Å². The van der Waals surface area contributed by atoms with Gasteiger partial charge in [-0.3, -0.25) is 9.48 Å². The average Bonchev–Trinajstić information content (AvgIpc) is 3.37. The summed E-state index contributed by atoms with van der Waals surface area (Å²) in [6, 6.07) is 0.261. The molecule has 0 atom stereocenters. The minimum Gasteiger partial charge on any atom is -0.376 e. The van der Waals surface area contributed by atoms with Gasteiger partial charge in [0, 0.05) is 50.2 Å². The highest BCUT2D eigenvalue weighted by molar-refractivity contribution is 5.76. The molecule has 1 amide bonds. The number of aromatic nitrogens is 4. The molecule has 4 rings (SSSR count). The minimum absolute atomic E-state index is 0.215. The van der Waals surface area contributed by atoms with Crippen molar-refractivity contribution in [2.45, 2.75) is 77.9 Å². The fraction of sp³-hybridized carbons (Fsp3) is 0.727. The lowest BCUT2D eigenvalue weighted by atomic mass is 9.87. The second-order valence-electron chi connectivity index (χ2n) is 8.90. The number of hydrogen-bond donors (Lipinski definition) is 0. The lowest BCUT2D eigenvalue weighted by Gasteiger charge is -2.24. The molecule has 2 aromatic rings. The third-order valence-corrected chi connectivity index (χ3v) is 6.29. The van der Waals surface area contributed by atoms with Crippen LogP contribution in [0.3, 0.4) is 0 Å². The lowest BCUT2D eigenvalue weighted by Crippen LogP contribution is -2.31. The summed E-state index contributed by atoms with van der Waals surface area (Å²) in [7, 11) is 1.87. The third kappa shape index (κ3) is 4.58. The van der Waals surface area contributed by atoms with Crippen molar-refractivity contribution in [3.8, 4) is 11.6 Å². The van der Waals surface area contributed by atoms with Crippen molar-refractivity contribution in [1.82, 2.24) is 24.8 Å². The zero-order valence-corrected chi connectivity index (χ0v) is 18.4. The van der Waals surface area contributed by atoms with Crippen LogP contribution in [-0.2, 0) is 29.0 Å². The highest BCUT2D eigenvalue weighted by Gasteiger charge is 2.27. The highest BCUT2D eigenvalue weighted by atomic mass is 16.5. The Morgan fingerprint density at radius 2 is 2.07 bits per heavy atom. The normalized spacial score (nSPS) is 17.3. The van der Waals surface area contributed by atoms with Crippen LogP contribution in [-0.4, -0.2) is 50.9 Å². The summed E-state index contributed by atoms with van der Waals surface area (Å²) in [6.45, 7) is 6.05. The molecule has 0 radical (unpaired) electrons. The maximum Gasteiger partial charge on any atom is 0.278 e. The summed E-state index contributed by atoms with van der Waals surface area (Å²) in [5.74, 6) is 1.80. The topological polar surface area (TPSA) is 86.3 Å². The van der Waals surface area contributed by atoms with Crippen LogP contribution in [0.15, 0.2) is 4.52 Å². The van der Waals surface area contributed by atoms with Crippen LogP contribution in [0, 0.1) is 5.92 Å². The Morgan fingerprint density at radius 1 is 1.27 bits per heavy atom. The van der Waals surface area contributed by atoms with E-state index < -0.39 is 0 Å². The minimum atomic E-state index is 0.215. The van der Waals surface area contributed by atoms with E-state index in [0.717, 1.165) is 17.7 Å². The molecule has 8 nitrogen and oxygen atoms in total. The van der Waals surface area contributed by atoms with Gasteiger partial charge in [-0.05, 0) is 32.6 Å². The second-order valence-corrected chi connectivity index (χ2v) is 8.90. The first-order valence-electron chi connectivity index (χ1n) is 11.3. The molecule has 1 fully saturated rings. The van der Waals surface area contributed by atoms with Crippen LogP contribution in [0.25, 0.3) is 11.6 Å². The summed E-state index contributed by atoms with van der Waals surface area (Å²) < 4.78 is 13.2. The average molecular weight is 416 g/mol. The Bertz CT molecular complexity index is 866. The van der Waals surface area contributed by atoms with Gasteiger partial charge < -0.3 is 14.2 Å². The molecule has 0 unspecified atom stereocenters. The maximum atomic E-state index is 12.5. The van der Waals surface area contributed by atoms with Crippen molar-refractivity contribution in [2.75, 3.05) is 20.2 Å². The summed E-state index contributed by atoms with van der Waals surface area (Å²) >= 11 is 0. The quantitative estimate of drug-likeness (QED) is 0.687. The Kier molecular flexibility index (Phi) is 6.51. The Morgan fingerprint density at radius 3 is 2.83 bits per heavy atom. The standard InChI is InChI=1S/C22H33N5O3/c1-15(2)27-18-10-12-29-14-17(18)21(24-27)22-23-19(25-30-22)9-11-26(3)20(28)13-16-7-5-4-6-8-16/h15-16H,4-14H2,1-3H3. The monoisotopic (exact) mass is 415 g/mol. The molecule has 1 saturated carbocycles. The molecule has 164 valence electrons. The van der Waals surface area contributed by atoms with Gasteiger partial charge >= 0.3 is 0 Å². The second kappa shape index (κ2) is 9.29. The van der Waals surface area contributed by atoms with Gasteiger partial charge in [-0.15, -0.1) is 0 Å². The molecule has 0 aromatic carbocycles. The number of likely N-dealkylation sites (N-methyl/N-ethyl adjacent to an activating group) is 1. The number of ether oxygens (including phenoxy) is 1. The first-order valence-corrected chi connectivity index (χ1v) is 11.3. The van der Waals surface area contributed by atoms with Crippen molar-refractivity contribution in [1.29, 1.82) is 0 Å². The van der Waals surface area contributed by atoms with E-state index in [4.69, 9.17) is 14.4 Å². The Hall–Kier alpha value is -2.22. The summed E-state index contributed by atoms with van der Waals surface area (Å²) in [4.78, 5) is 18.9. The number of fused-ring (bicyclic) bond motifs is 1. The molecular formula is C22H33N5O3. The van der Waals surface area contributed by atoms with E-state index in [1.54, 1.807) is 4.90 Å². The fourth-order valence-corrected chi connectivity index (χ4v) is 4.50. The van der Waals surface area contributed by atoms with E-state index in [2.05, 4.69) is 24.0 Å². The number of carbonyl (C=O) groups excluding carboxylic acids is 1. The van der Waals surface area contributed by atoms with Gasteiger partial charge in [0.1, 0.15) is 0 Å². The molecule has 0 spiro atoms. The van der Waals surface area contributed by atoms with Crippen LogP contribution in [0.1, 0.15) is 75.5 Å². The number of nitrogens with zero attached hydrogens (tertiary/aromatic N) is 5. The van der Waals surface area contributed by atoms with Crippen LogP contribution in [0.4, 0.5) is 0 Å². The zero-order chi connectivity index (χ0) is 21.1. The molecular weight excluding hydrogens is 382 g/mol. The van der Waals surface area contributed by atoms with E-state index in [0.29, 0.717) is 50.2 Å². The predicted molar refractivity (Wildman–Crippen MR) is 112 cm³/mol. The highest BCUT2D eigenvalue weighted by Crippen LogP contribution is 2.30. The van der Waals surface area contributed by atoms with Crippen LogP contribution in [0.2, 0.25) is 0 Å². The van der Waals surface area contributed by atoms with Crippen molar-refractivity contribution < 1.29 is 14.1 Å². The first-order chi connectivity index (χ1) is 14.5. The van der Waals surface area contributed by atoms with Gasteiger partial charge in [0.2, 0.25) is 5.91 Å². The fourth-order valence-electron chi connectivity index (χ4n) is 4.50. The molecule has 0 saturated heterocycles. The number of rotatable bonds is 7. The van der Waals surface area contributed by atoms with Gasteiger partial charge in [0.25, 0.3) is 5.89 Å². The molecule has 30 heavy (non-hydrogen) atoms. The zero-order valence-electron chi connectivity index (χ0n) is 18.4. The van der Waals surface area contributed by atoms with Crippen molar-refractivity contribution in [3.05, 3.63) is 17.1 Å². The van der Waals surface area contributed by atoms with Crippen molar-refractivity contribution in [2.24, 2.45) is 5.92 Å². The maximum absolute atomic E-state index is 12.5. The largest absolute Gasteiger partial charge is 0.376 e. The molecule has 0 N–H and O–H groups in total. The van der Waals surface area contributed by atoms with Crippen LogP contribution >= 0.6 is 0 Å². The summed E-state index contributed by atoms with van der Waals surface area (Å²) in [6.07, 6.45) is 8.27. The lowest BCUT2D eigenvalue weighted by molar-refractivity contribution is -0.131. The molecule has 2 aromatic heterocycles. The van der Waals surface area contributed by atoms with Gasteiger partial charge in [-0.2, -0.15) is 10.1 Å². The molecule has 1 aliphatic carbocycles. The van der Waals surface area contributed by atoms with E-state index in [-0.39, 0.29) is 11.9 Å². The van der Waals surface area contributed by atoms with Crippen LogP contribution in [0.5, 0.6) is 0 Å². The van der Waals surface area contributed by atoms with Crippen molar-refractivity contribution >= 4 is 5.91 Å². The Balaban J connectivity index is 1.38. The first kappa shape index (κ1) is 21.0. The van der Waals surface area contributed by atoms with Crippen molar-refractivity contribution in [3.63, 3.8) is 0 Å². The number of hydrogen-bond acceptors (Lipinski definition) is 6. The Labute approximate surface area is 178 Å². The van der Waals surface area contributed by atoms with Crippen LogP contribution < -0.4 is 0 Å².